The van der Waals surface area contributed by atoms with Crippen molar-refractivity contribution in [1.82, 2.24) is 0 Å². The van der Waals surface area contributed by atoms with Crippen molar-refractivity contribution >= 4 is 14.7 Å². The van der Waals surface area contributed by atoms with Crippen LogP contribution < -0.4 is 4.74 Å². The molecular formula is C14H11F6NO3S. The highest BCUT2D eigenvalue weighted by atomic mass is 32.2. The standard InChI is InChI=1S/C14H11F6NO3S/c1-2-3-10(8-21)12(25(22,23)14(18,19)20)9-4-6-11(7-5-9)24-13(15,16)17/h4-7H,2-3H2,1H3/b12-10+. The molecule has 1 aromatic rings. The van der Waals surface area contributed by atoms with Gasteiger partial charge in [-0.05, 0) is 36.2 Å². The second kappa shape index (κ2) is 7.35. The molecule has 0 saturated heterocycles. The van der Waals surface area contributed by atoms with Crippen molar-refractivity contribution in [3.8, 4) is 11.8 Å². The Kier molecular flexibility index (Phi) is 6.12. The van der Waals surface area contributed by atoms with E-state index in [2.05, 4.69) is 4.74 Å². The zero-order chi connectivity index (χ0) is 19.5. The topological polar surface area (TPSA) is 67.2 Å². The lowest BCUT2D eigenvalue weighted by atomic mass is 10.1. The first-order valence-corrected chi connectivity index (χ1v) is 8.12. The average molecular weight is 387 g/mol. The predicted molar refractivity (Wildman–Crippen MR) is 75.5 cm³/mol. The number of hydrogen-bond acceptors (Lipinski definition) is 4. The fraction of sp³-hybridized carbons (Fsp3) is 0.357. The van der Waals surface area contributed by atoms with E-state index in [9.17, 15) is 34.8 Å². The van der Waals surface area contributed by atoms with E-state index in [0.717, 1.165) is 0 Å². The lowest BCUT2D eigenvalue weighted by molar-refractivity contribution is -0.274. The third-order valence-corrected chi connectivity index (χ3v) is 4.46. The second-order valence-corrected chi connectivity index (χ2v) is 6.57. The number of rotatable bonds is 5. The van der Waals surface area contributed by atoms with Gasteiger partial charge in [-0.25, -0.2) is 8.42 Å². The number of hydrogen-bond donors (Lipinski definition) is 0. The predicted octanol–water partition coefficient (Wildman–Crippen LogP) is 4.55. The zero-order valence-corrected chi connectivity index (χ0v) is 13.4. The molecular weight excluding hydrogens is 376 g/mol. The van der Waals surface area contributed by atoms with Gasteiger partial charge in [0, 0.05) is 5.57 Å². The van der Waals surface area contributed by atoms with Gasteiger partial charge in [0.1, 0.15) is 5.75 Å². The van der Waals surface area contributed by atoms with Crippen molar-refractivity contribution in [2.24, 2.45) is 0 Å². The van der Waals surface area contributed by atoms with E-state index in [1.165, 1.54) is 13.0 Å². The van der Waals surface area contributed by atoms with E-state index in [0.29, 0.717) is 24.3 Å². The van der Waals surface area contributed by atoms with Crippen LogP contribution in [0.25, 0.3) is 4.91 Å². The van der Waals surface area contributed by atoms with E-state index in [1.54, 1.807) is 0 Å². The van der Waals surface area contributed by atoms with Crippen LogP contribution in [0.1, 0.15) is 25.3 Å². The summed E-state index contributed by atoms with van der Waals surface area (Å²) in [5, 5.41) is 9.01. The van der Waals surface area contributed by atoms with Gasteiger partial charge in [0.2, 0.25) is 0 Å². The summed E-state index contributed by atoms with van der Waals surface area (Å²) in [6.45, 7) is 1.52. The molecule has 138 valence electrons. The van der Waals surface area contributed by atoms with Crippen LogP contribution in [0, 0.1) is 11.3 Å². The molecule has 0 atom stereocenters. The molecule has 1 aromatic carbocycles. The number of ether oxygens (including phenoxy) is 1. The molecule has 0 spiro atoms. The molecule has 0 heterocycles. The van der Waals surface area contributed by atoms with Crippen LogP contribution in [-0.4, -0.2) is 20.3 Å². The normalized spacial score (nSPS) is 13.8. The molecule has 0 unspecified atom stereocenters. The van der Waals surface area contributed by atoms with Gasteiger partial charge < -0.3 is 4.74 Å². The summed E-state index contributed by atoms with van der Waals surface area (Å²) < 4.78 is 102. The minimum absolute atomic E-state index is 0.190. The Hall–Kier alpha value is -2.22. The van der Waals surface area contributed by atoms with Crippen LogP contribution in [0.5, 0.6) is 5.75 Å². The highest BCUT2D eigenvalue weighted by molar-refractivity contribution is 8.01. The van der Waals surface area contributed by atoms with E-state index >= 15 is 0 Å². The molecule has 0 radical (unpaired) electrons. The van der Waals surface area contributed by atoms with Crippen LogP contribution in [-0.2, 0) is 9.84 Å². The summed E-state index contributed by atoms with van der Waals surface area (Å²) in [6.07, 6.45) is -5.07. The number of sulfone groups is 1. The first kappa shape index (κ1) is 20.8. The third kappa shape index (κ3) is 5.12. The Morgan fingerprint density at radius 3 is 2.00 bits per heavy atom. The molecule has 0 aromatic heterocycles. The van der Waals surface area contributed by atoms with Gasteiger partial charge in [-0.2, -0.15) is 18.4 Å². The molecule has 0 bridgehead atoms. The van der Waals surface area contributed by atoms with Gasteiger partial charge >= 0.3 is 11.9 Å². The highest BCUT2D eigenvalue weighted by Gasteiger charge is 2.49. The van der Waals surface area contributed by atoms with Crippen molar-refractivity contribution in [2.45, 2.75) is 31.6 Å². The summed E-state index contributed by atoms with van der Waals surface area (Å²) in [5.41, 5.74) is -6.86. The molecule has 0 amide bonds. The maximum Gasteiger partial charge on any atom is 0.573 e. The third-order valence-electron chi connectivity index (χ3n) is 2.83. The fourth-order valence-electron chi connectivity index (χ4n) is 1.89. The van der Waals surface area contributed by atoms with Gasteiger partial charge in [0.15, 0.2) is 0 Å². The van der Waals surface area contributed by atoms with Gasteiger partial charge in [-0.15, -0.1) is 13.2 Å². The first-order chi connectivity index (χ1) is 11.3. The zero-order valence-electron chi connectivity index (χ0n) is 12.6. The lowest BCUT2D eigenvalue weighted by Crippen LogP contribution is -2.25. The lowest BCUT2D eigenvalue weighted by Gasteiger charge is -2.15. The minimum atomic E-state index is -5.88. The largest absolute Gasteiger partial charge is 0.573 e. The molecule has 25 heavy (non-hydrogen) atoms. The summed E-state index contributed by atoms with van der Waals surface area (Å²) >= 11 is 0. The number of benzene rings is 1. The van der Waals surface area contributed by atoms with Crippen molar-refractivity contribution in [1.29, 1.82) is 5.26 Å². The van der Waals surface area contributed by atoms with Gasteiger partial charge in [-0.3, -0.25) is 0 Å². The van der Waals surface area contributed by atoms with Crippen molar-refractivity contribution in [3.05, 3.63) is 35.4 Å². The molecule has 0 fully saturated rings. The van der Waals surface area contributed by atoms with Crippen molar-refractivity contribution < 1.29 is 39.5 Å². The van der Waals surface area contributed by atoms with E-state index in [4.69, 9.17) is 5.26 Å². The Labute approximate surface area is 139 Å². The van der Waals surface area contributed by atoms with E-state index in [1.807, 2.05) is 0 Å². The number of halogens is 6. The molecule has 0 aliphatic carbocycles. The second-order valence-electron chi connectivity index (χ2n) is 4.69. The van der Waals surface area contributed by atoms with E-state index in [-0.39, 0.29) is 12.8 Å². The summed E-state index contributed by atoms with van der Waals surface area (Å²) in [4.78, 5) is -1.28. The maximum absolute atomic E-state index is 12.9. The van der Waals surface area contributed by atoms with Crippen LogP contribution >= 0.6 is 0 Å². The Morgan fingerprint density at radius 1 is 1.12 bits per heavy atom. The van der Waals surface area contributed by atoms with Gasteiger partial charge in [0.25, 0.3) is 9.84 Å². The van der Waals surface area contributed by atoms with Crippen molar-refractivity contribution in [3.63, 3.8) is 0 Å². The van der Waals surface area contributed by atoms with Crippen molar-refractivity contribution in [2.75, 3.05) is 0 Å². The summed E-state index contributed by atoms with van der Waals surface area (Å²) in [7, 11) is -5.88. The van der Waals surface area contributed by atoms with Crippen LogP contribution in [0.4, 0.5) is 26.3 Å². The molecule has 4 nitrogen and oxygen atoms in total. The highest BCUT2D eigenvalue weighted by Crippen LogP contribution is 2.38. The molecule has 0 saturated carbocycles. The van der Waals surface area contributed by atoms with Crippen LogP contribution in [0.15, 0.2) is 29.8 Å². The Morgan fingerprint density at radius 2 is 1.64 bits per heavy atom. The minimum Gasteiger partial charge on any atom is -0.406 e. The van der Waals surface area contributed by atoms with Crippen LogP contribution in [0.3, 0.4) is 0 Å². The SMILES string of the molecule is CCC/C(C#N)=C(/c1ccc(OC(F)(F)F)cc1)S(=O)(=O)C(F)(F)F. The maximum atomic E-state index is 12.9. The first-order valence-electron chi connectivity index (χ1n) is 6.64. The van der Waals surface area contributed by atoms with Crippen LogP contribution in [0.2, 0.25) is 0 Å². The summed E-state index contributed by atoms with van der Waals surface area (Å²) in [5.74, 6) is -0.742. The molecule has 11 heteroatoms. The Balaban J connectivity index is 3.54. The average Bonchev–Trinajstić information content (AvgIpc) is 2.45. The molecule has 0 aliphatic heterocycles. The fourth-order valence-corrected chi connectivity index (χ4v) is 3.04. The number of nitrogens with zero attached hydrogens (tertiary/aromatic N) is 1. The van der Waals surface area contributed by atoms with Gasteiger partial charge in [-0.1, -0.05) is 13.3 Å². The number of alkyl halides is 6. The van der Waals surface area contributed by atoms with E-state index < -0.39 is 43.5 Å². The Bertz CT molecular complexity index is 786. The summed E-state index contributed by atoms with van der Waals surface area (Å²) in [6, 6.07) is 4.18. The number of nitriles is 1. The smallest absolute Gasteiger partial charge is 0.406 e. The molecule has 0 aliphatic rings. The monoisotopic (exact) mass is 387 g/mol. The van der Waals surface area contributed by atoms with Gasteiger partial charge in [0.05, 0.1) is 11.0 Å². The quantitative estimate of drug-likeness (QED) is 0.549. The number of allylic oxidation sites excluding steroid dienone is 1. The molecule has 1 rings (SSSR count). The molecule has 0 N–H and O–H groups in total.